The summed E-state index contributed by atoms with van der Waals surface area (Å²) in [6, 6.07) is 18.2. The fourth-order valence-corrected chi connectivity index (χ4v) is 4.14. The molecule has 1 N–H and O–H groups in total. The Labute approximate surface area is 177 Å². The number of nitrogens with one attached hydrogen (secondary N) is 1. The van der Waals surface area contributed by atoms with E-state index in [1.54, 1.807) is 6.07 Å². The van der Waals surface area contributed by atoms with Gasteiger partial charge in [-0.2, -0.15) is 0 Å². The summed E-state index contributed by atoms with van der Waals surface area (Å²) < 4.78 is 5.25. The number of nitrogens with zero attached hydrogens (tertiary/aromatic N) is 1. The average Bonchev–Trinajstić information content (AvgIpc) is 3.68. The number of rotatable bonds is 7. The number of ether oxygens (including phenoxy) is 1. The summed E-state index contributed by atoms with van der Waals surface area (Å²) >= 11 is 0. The van der Waals surface area contributed by atoms with Crippen molar-refractivity contribution in [3.05, 3.63) is 77.6 Å². The van der Waals surface area contributed by atoms with Crippen molar-refractivity contribution in [3.8, 4) is 11.1 Å². The molecule has 2 fully saturated rings. The molecule has 0 saturated heterocycles. The van der Waals surface area contributed by atoms with Crippen molar-refractivity contribution in [2.24, 2.45) is 0 Å². The molecule has 0 radical (unpaired) electrons. The number of para-hydroxylation sites is 1. The van der Waals surface area contributed by atoms with Crippen LogP contribution in [0.25, 0.3) is 11.1 Å². The van der Waals surface area contributed by atoms with Crippen molar-refractivity contribution in [1.29, 1.82) is 0 Å². The summed E-state index contributed by atoms with van der Waals surface area (Å²) in [7, 11) is 0. The molecular formula is C26H26N2O2. The largest absolute Gasteiger partial charge is 0.462 e. The van der Waals surface area contributed by atoms with Gasteiger partial charge in [0.1, 0.15) is 0 Å². The van der Waals surface area contributed by atoms with Crippen molar-refractivity contribution < 1.29 is 9.53 Å². The standard InChI is InChI=1S/C26H26N2O2/c1-2-30-26(29)20-10-6-7-11-21(20)28-22-16-27-25(19-14-15-19)24(23(22)18-12-13-18)17-8-4-3-5-9-17/h3-11,16,18-19,28H,2,12-15H2,1H3. The summed E-state index contributed by atoms with van der Waals surface area (Å²) in [5.74, 6) is 0.802. The highest BCUT2D eigenvalue weighted by Gasteiger charge is 2.35. The van der Waals surface area contributed by atoms with E-state index in [2.05, 4.69) is 35.6 Å². The summed E-state index contributed by atoms with van der Waals surface area (Å²) in [4.78, 5) is 17.4. The topological polar surface area (TPSA) is 51.2 Å². The molecule has 1 aromatic heterocycles. The molecule has 2 aliphatic rings. The Morgan fingerprint density at radius 1 is 0.967 bits per heavy atom. The Kier molecular flexibility index (Phi) is 4.99. The summed E-state index contributed by atoms with van der Waals surface area (Å²) in [6.07, 6.45) is 6.80. The molecular weight excluding hydrogens is 372 g/mol. The molecule has 4 nitrogen and oxygen atoms in total. The Morgan fingerprint density at radius 3 is 2.37 bits per heavy atom. The van der Waals surface area contributed by atoms with Gasteiger partial charge in [0.05, 0.1) is 35.4 Å². The van der Waals surface area contributed by atoms with Crippen LogP contribution >= 0.6 is 0 Å². The second kappa shape index (κ2) is 7.94. The van der Waals surface area contributed by atoms with Crippen molar-refractivity contribution in [3.63, 3.8) is 0 Å². The second-order valence-corrected chi connectivity index (χ2v) is 8.15. The van der Waals surface area contributed by atoms with E-state index in [1.807, 2.05) is 31.3 Å². The number of aromatic nitrogens is 1. The molecule has 1 heterocycles. The van der Waals surface area contributed by atoms with Crippen LogP contribution in [0.5, 0.6) is 0 Å². The number of anilines is 2. The number of esters is 1. The van der Waals surface area contributed by atoms with Crippen molar-refractivity contribution in [2.45, 2.75) is 44.4 Å². The SMILES string of the molecule is CCOC(=O)c1ccccc1Nc1cnc(C2CC2)c(-c2ccccc2)c1C1CC1. The summed E-state index contributed by atoms with van der Waals surface area (Å²) in [5.41, 5.74) is 7.41. The molecule has 4 heteroatoms. The maximum Gasteiger partial charge on any atom is 0.340 e. The van der Waals surface area contributed by atoms with Gasteiger partial charge in [-0.05, 0) is 61.8 Å². The molecule has 2 aliphatic carbocycles. The lowest BCUT2D eigenvalue weighted by atomic mass is 9.92. The van der Waals surface area contributed by atoms with Crippen LogP contribution in [0.15, 0.2) is 60.8 Å². The number of pyridine rings is 1. The van der Waals surface area contributed by atoms with E-state index >= 15 is 0 Å². The number of hydrogen-bond donors (Lipinski definition) is 1. The van der Waals surface area contributed by atoms with E-state index in [4.69, 9.17) is 9.72 Å². The average molecular weight is 399 g/mol. The van der Waals surface area contributed by atoms with E-state index in [-0.39, 0.29) is 5.97 Å². The van der Waals surface area contributed by atoms with Crippen LogP contribution < -0.4 is 5.32 Å². The van der Waals surface area contributed by atoms with Gasteiger partial charge in [0, 0.05) is 11.5 Å². The highest BCUT2D eigenvalue weighted by Crippen LogP contribution is 2.52. The number of benzene rings is 2. The van der Waals surface area contributed by atoms with Gasteiger partial charge in [-0.15, -0.1) is 0 Å². The smallest absolute Gasteiger partial charge is 0.340 e. The molecule has 30 heavy (non-hydrogen) atoms. The first-order valence-corrected chi connectivity index (χ1v) is 10.9. The lowest BCUT2D eigenvalue weighted by molar-refractivity contribution is 0.0527. The van der Waals surface area contributed by atoms with Gasteiger partial charge in [0.2, 0.25) is 0 Å². The molecule has 3 aromatic rings. The Bertz CT molecular complexity index is 1070. The number of carbonyl (C=O) groups is 1. The van der Waals surface area contributed by atoms with E-state index in [0.29, 0.717) is 24.0 Å². The van der Waals surface area contributed by atoms with Gasteiger partial charge in [-0.3, -0.25) is 4.98 Å². The first kappa shape index (κ1) is 18.9. The van der Waals surface area contributed by atoms with E-state index < -0.39 is 0 Å². The minimum absolute atomic E-state index is 0.306. The van der Waals surface area contributed by atoms with Gasteiger partial charge in [-0.1, -0.05) is 42.5 Å². The van der Waals surface area contributed by atoms with Gasteiger partial charge in [0.15, 0.2) is 0 Å². The molecule has 5 rings (SSSR count). The molecule has 0 bridgehead atoms. The number of hydrogen-bond acceptors (Lipinski definition) is 4. The Balaban J connectivity index is 1.62. The molecule has 152 valence electrons. The predicted molar refractivity (Wildman–Crippen MR) is 119 cm³/mol. The minimum Gasteiger partial charge on any atom is -0.462 e. The predicted octanol–water partition coefficient (Wildman–Crippen LogP) is 6.42. The van der Waals surface area contributed by atoms with Gasteiger partial charge >= 0.3 is 5.97 Å². The van der Waals surface area contributed by atoms with Crippen LogP contribution in [0.1, 0.15) is 66.1 Å². The van der Waals surface area contributed by atoms with Crippen LogP contribution in [-0.2, 0) is 4.74 Å². The lowest BCUT2D eigenvalue weighted by Crippen LogP contribution is -2.09. The molecule has 0 unspecified atom stereocenters. The van der Waals surface area contributed by atoms with Crippen molar-refractivity contribution >= 4 is 17.3 Å². The van der Waals surface area contributed by atoms with Crippen molar-refractivity contribution in [2.75, 3.05) is 11.9 Å². The molecule has 2 saturated carbocycles. The third-order valence-electron chi connectivity index (χ3n) is 5.85. The normalized spacial score (nSPS) is 15.6. The zero-order valence-corrected chi connectivity index (χ0v) is 17.2. The molecule has 2 aromatic carbocycles. The minimum atomic E-state index is -0.306. The van der Waals surface area contributed by atoms with E-state index in [1.165, 1.54) is 48.1 Å². The number of carbonyl (C=O) groups excluding carboxylic acids is 1. The molecule has 0 amide bonds. The zero-order valence-electron chi connectivity index (χ0n) is 17.2. The highest BCUT2D eigenvalue weighted by molar-refractivity contribution is 5.97. The summed E-state index contributed by atoms with van der Waals surface area (Å²) in [5, 5.41) is 3.54. The second-order valence-electron chi connectivity index (χ2n) is 8.15. The highest BCUT2D eigenvalue weighted by atomic mass is 16.5. The fraction of sp³-hybridized carbons (Fsp3) is 0.308. The maximum absolute atomic E-state index is 12.4. The van der Waals surface area contributed by atoms with Gasteiger partial charge < -0.3 is 10.1 Å². The van der Waals surface area contributed by atoms with Gasteiger partial charge in [0.25, 0.3) is 0 Å². The quantitative estimate of drug-likeness (QED) is 0.466. The lowest BCUT2D eigenvalue weighted by Gasteiger charge is -2.20. The zero-order chi connectivity index (χ0) is 20.5. The van der Waals surface area contributed by atoms with Crippen LogP contribution in [0.3, 0.4) is 0 Å². The monoisotopic (exact) mass is 398 g/mol. The van der Waals surface area contributed by atoms with Crippen LogP contribution in [-0.4, -0.2) is 17.6 Å². The Morgan fingerprint density at radius 2 is 1.67 bits per heavy atom. The van der Waals surface area contributed by atoms with Crippen LogP contribution in [0.4, 0.5) is 11.4 Å². The fourth-order valence-electron chi connectivity index (χ4n) is 4.14. The van der Waals surface area contributed by atoms with Crippen LogP contribution in [0, 0.1) is 0 Å². The van der Waals surface area contributed by atoms with E-state index in [0.717, 1.165) is 11.4 Å². The van der Waals surface area contributed by atoms with Crippen molar-refractivity contribution in [1.82, 2.24) is 4.98 Å². The third-order valence-corrected chi connectivity index (χ3v) is 5.85. The van der Waals surface area contributed by atoms with Crippen LogP contribution in [0.2, 0.25) is 0 Å². The summed E-state index contributed by atoms with van der Waals surface area (Å²) in [6.45, 7) is 2.18. The van der Waals surface area contributed by atoms with Gasteiger partial charge in [-0.25, -0.2) is 4.79 Å². The maximum atomic E-state index is 12.4. The van der Waals surface area contributed by atoms with E-state index in [9.17, 15) is 4.79 Å². The first-order valence-electron chi connectivity index (χ1n) is 10.9. The third kappa shape index (κ3) is 3.70. The first-order chi connectivity index (χ1) is 14.8. The molecule has 0 spiro atoms. The Hall–Kier alpha value is -3.14. The molecule has 0 aliphatic heterocycles. The molecule has 0 atom stereocenters.